The van der Waals surface area contributed by atoms with Crippen molar-refractivity contribution in [2.75, 3.05) is 0 Å². The smallest absolute Gasteiger partial charge is 0.331 e. The van der Waals surface area contributed by atoms with Crippen molar-refractivity contribution < 1.29 is 39.9 Å². The number of esters is 1. The molecule has 0 bridgehead atoms. The van der Waals surface area contributed by atoms with Gasteiger partial charge in [-0.25, -0.2) is 4.79 Å². The fraction of sp³-hybridized carbons (Fsp3) is 0.375. The van der Waals surface area contributed by atoms with Crippen LogP contribution < -0.4 is 0 Å². The lowest BCUT2D eigenvalue weighted by Gasteiger charge is -2.34. The van der Waals surface area contributed by atoms with Crippen LogP contribution in [0.1, 0.15) is 18.4 Å². The summed E-state index contributed by atoms with van der Waals surface area (Å²) in [7, 11) is 0. The average molecular weight is 338 g/mol. The summed E-state index contributed by atoms with van der Waals surface area (Å²) in [4.78, 5) is 22.8. The molecule has 1 aromatic rings. The van der Waals surface area contributed by atoms with Gasteiger partial charge in [-0.3, -0.25) is 4.79 Å². The van der Waals surface area contributed by atoms with Gasteiger partial charge in [0.1, 0.15) is 6.10 Å². The first kappa shape index (κ1) is 17.8. The number of hydrogen-bond donors (Lipinski definition) is 5. The topological polar surface area (TPSA) is 145 Å². The zero-order chi connectivity index (χ0) is 17.9. The maximum Gasteiger partial charge on any atom is 0.331 e. The van der Waals surface area contributed by atoms with Crippen LogP contribution in [0.3, 0.4) is 0 Å². The van der Waals surface area contributed by atoms with Crippen molar-refractivity contribution in [2.45, 2.75) is 31.2 Å². The van der Waals surface area contributed by atoms with E-state index in [0.717, 1.165) is 6.08 Å². The van der Waals surface area contributed by atoms with Crippen LogP contribution in [0.4, 0.5) is 0 Å². The number of benzene rings is 1. The van der Waals surface area contributed by atoms with Crippen LogP contribution in [-0.2, 0) is 14.3 Å². The summed E-state index contributed by atoms with van der Waals surface area (Å²) < 4.78 is 5.05. The molecule has 8 heteroatoms. The Kier molecular flexibility index (Phi) is 5.42. The molecule has 0 heterocycles. The maximum atomic E-state index is 11.8. The molecule has 1 saturated carbocycles. The number of hydrogen-bond acceptors (Lipinski definition) is 7. The third-order valence-corrected chi connectivity index (χ3v) is 3.86. The Hall–Kier alpha value is -2.58. The van der Waals surface area contributed by atoms with Gasteiger partial charge >= 0.3 is 11.9 Å². The van der Waals surface area contributed by atoms with E-state index in [1.807, 2.05) is 0 Å². The summed E-state index contributed by atoms with van der Waals surface area (Å²) >= 11 is 0. The van der Waals surface area contributed by atoms with Gasteiger partial charge in [-0.05, 0) is 23.8 Å². The van der Waals surface area contributed by atoms with E-state index in [4.69, 9.17) is 9.84 Å². The highest BCUT2D eigenvalue weighted by Gasteiger charge is 2.40. The van der Waals surface area contributed by atoms with Gasteiger partial charge in [-0.15, -0.1) is 0 Å². The highest BCUT2D eigenvalue weighted by atomic mass is 16.6. The van der Waals surface area contributed by atoms with Gasteiger partial charge in [0.05, 0.1) is 18.1 Å². The molecule has 0 amide bonds. The first-order valence-corrected chi connectivity index (χ1v) is 7.27. The summed E-state index contributed by atoms with van der Waals surface area (Å²) in [5.74, 6) is -3.76. The van der Waals surface area contributed by atoms with Crippen molar-refractivity contribution in [1.29, 1.82) is 0 Å². The monoisotopic (exact) mass is 338 g/mol. The van der Waals surface area contributed by atoms with Gasteiger partial charge < -0.3 is 30.3 Å². The van der Waals surface area contributed by atoms with Crippen molar-refractivity contribution in [3.63, 3.8) is 0 Å². The molecule has 1 aliphatic carbocycles. The van der Waals surface area contributed by atoms with Crippen molar-refractivity contribution in [3.05, 3.63) is 29.8 Å². The summed E-state index contributed by atoms with van der Waals surface area (Å²) in [6.07, 6.45) is -1.35. The van der Waals surface area contributed by atoms with E-state index < -0.39 is 36.2 Å². The molecule has 0 radical (unpaired) electrons. The van der Waals surface area contributed by atoms with Crippen LogP contribution in [0.25, 0.3) is 6.08 Å². The minimum absolute atomic E-state index is 0.183. The quantitative estimate of drug-likeness (QED) is 0.298. The molecule has 130 valence electrons. The number of carboxylic acid groups (broad SMARTS) is 1. The van der Waals surface area contributed by atoms with E-state index >= 15 is 0 Å². The van der Waals surface area contributed by atoms with E-state index in [0.29, 0.717) is 5.56 Å². The molecule has 4 atom stereocenters. The molecular weight excluding hydrogens is 320 g/mol. The van der Waals surface area contributed by atoms with E-state index in [9.17, 15) is 30.0 Å². The number of phenolic OH excluding ortho intramolecular Hbond substituents is 2. The summed E-state index contributed by atoms with van der Waals surface area (Å²) in [5.41, 5.74) is 0.435. The fourth-order valence-corrected chi connectivity index (χ4v) is 2.52. The Morgan fingerprint density at radius 2 is 1.79 bits per heavy atom. The number of carboxylic acids is 1. The molecule has 0 aromatic heterocycles. The Morgan fingerprint density at radius 1 is 1.08 bits per heavy atom. The number of aromatic hydroxyl groups is 2. The Labute approximate surface area is 137 Å². The standard InChI is InChI=1S/C16H18O8/c17-10-3-1-8(5-12(10)19)2-4-15(21)24-14-6-9(16(22)23)11(18)7-13(14)20/h1-5,9,11,13-14,17-20H,6-7H2,(H,22,23)/b4-2+/t9?,11-,13+,14-/m1/s1. The minimum Gasteiger partial charge on any atom is -0.504 e. The second-order valence-electron chi connectivity index (χ2n) is 5.61. The number of phenols is 2. The summed E-state index contributed by atoms with van der Waals surface area (Å²) in [6.45, 7) is 0. The van der Waals surface area contributed by atoms with Crippen LogP contribution in [-0.4, -0.2) is 55.8 Å². The van der Waals surface area contributed by atoms with Crippen molar-refractivity contribution in [3.8, 4) is 11.5 Å². The molecule has 1 fully saturated rings. The molecule has 24 heavy (non-hydrogen) atoms. The van der Waals surface area contributed by atoms with Crippen molar-refractivity contribution >= 4 is 18.0 Å². The molecule has 0 aliphatic heterocycles. The molecule has 1 aromatic carbocycles. The molecule has 0 spiro atoms. The number of aliphatic hydroxyl groups excluding tert-OH is 2. The zero-order valence-electron chi connectivity index (χ0n) is 12.6. The van der Waals surface area contributed by atoms with Gasteiger partial charge in [-0.1, -0.05) is 6.07 Å². The average Bonchev–Trinajstić information content (AvgIpc) is 2.50. The van der Waals surface area contributed by atoms with E-state index in [2.05, 4.69) is 0 Å². The Bertz CT molecular complexity index is 653. The fourth-order valence-electron chi connectivity index (χ4n) is 2.52. The lowest BCUT2D eigenvalue weighted by Crippen LogP contribution is -2.46. The molecule has 1 aliphatic rings. The summed E-state index contributed by atoms with van der Waals surface area (Å²) in [6, 6.07) is 3.96. The lowest BCUT2D eigenvalue weighted by molar-refractivity contribution is -0.167. The van der Waals surface area contributed by atoms with Gasteiger partial charge in [0.2, 0.25) is 0 Å². The first-order valence-electron chi connectivity index (χ1n) is 7.27. The third kappa shape index (κ3) is 4.24. The number of rotatable bonds is 4. The van der Waals surface area contributed by atoms with E-state index in [1.165, 1.54) is 24.3 Å². The largest absolute Gasteiger partial charge is 0.504 e. The molecule has 2 rings (SSSR count). The summed E-state index contributed by atoms with van der Waals surface area (Å²) in [5, 5.41) is 47.0. The van der Waals surface area contributed by atoms with Gasteiger partial charge in [0.15, 0.2) is 11.5 Å². The van der Waals surface area contributed by atoms with Crippen LogP contribution in [0.5, 0.6) is 11.5 Å². The molecular formula is C16H18O8. The molecule has 5 N–H and O–H groups in total. The van der Waals surface area contributed by atoms with Crippen LogP contribution >= 0.6 is 0 Å². The number of ether oxygens (including phenoxy) is 1. The second kappa shape index (κ2) is 7.33. The number of carbonyl (C=O) groups excluding carboxylic acids is 1. The highest BCUT2D eigenvalue weighted by molar-refractivity contribution is 5.87. The Morgan fingerprint density at radius 3 is 2.42 bits per heavy atom. The maximum absolute atomic E-state index is 11.8. The highest BCUT2D eigenvalue weighted by Crippen LogP contribution is 2.28. The Balaban J connectivity index is 1.99. The van der Waals surface area contributed by atoms with Gasteiger partial charge in [0.25, 0.3) is 0 Å². The predicted molar refractivity (Wildman–Crippen MR) is 81.1 cm³/mol. The second-order valence-corrected chi connectivity index (χ2v) is 5.61. The SMILES string of the molecule is O=C(/C=C/c1ccc(O)c(O)c1)O[C@@H]1CC(C(=O)O)[C@H](O)C[C@@H]1O. The normalized spacial score (nSPS) is 27.1. The van der Waals surface area contributed by atoms with Crippen LogP contribution in [0, 0.1) is 5.92 Å². The van der Waals surface area contributed by atoms with Crippen LogP contribution in [0.2, 0.25) is 0 Å². The van der Waals surface area contributed by atoms with E-state index in [1.54, 1.807) is 0 Å². The molecule has 1 unspecified atom stereocenters. The molecule has 8 nitrogen and oxygen atoms in total. The zero-order valence-corrected chi connectivity index (χ0v) is 12.6. The van der Waals surface area contributed by atoms with Crippen molar-refractivity contribution in [2.24, 2.45) is 5.92 Å². The minimum atomic E-state index is -1.22. The van der Waals surface area contributed by atoms with Crippen LogP contribution in [0.15, 0.2) is 24.3 Å². The molecule has 0 saturated heterocycles. The number of aliphatic hydroxyl groups is 2. The van der Waals surface area contributed by atoms with Crippen molar-refractivity contribution in [1.82, 2.24) is 0 Å². The third-order valence-electron chi connectivity index (χ3n) is 3.86. The predicted octanol–water partition coefficient (Wildman–Crippen LogP) is 0.239. The first-order chi connectivity index (χ1) is 11.3. The van der Waals surface area contributed by atoms with Gasteiger partial charge in [-0.2, -0.15) is 0 Å². The number of carbonyl (C=O) groups is 2. The van der Waals surface area contributed by atoms with E-state index in [-0.39, 0.29) is 24.3 Å². The number of aliphatic carboxylic acids is 1. The lowest BCUT2D eigenvalue weighted by atomic mass is 9.83. The van der Waals surface area contributed by atoms with Gasteiger partial charge in [0, 0.05) is 18.9 Å².